The van der Waals surface area contributed by atoms with Crippen molar-refractivity contribution in [3.05, 3.63) is 89.1 Å². The number of carbonyl (C=O) groups excluding carboxylic acids is 2. The van der Waals surface area contributed by atoms with Crippen molar-refractivity contribution >= 4 is 28.4 Å². The fraction of sp³-hybridized carbons (Fsp3) is 0.353. The maximum absolute atomic E-state index is 14.3. The molecule has 220 valence electrons. The molecule has 43 heavy (non-hydrogen) atoms. The number of hydrogen-bond donors (Lipinski definition) is 1. The molecule has 0 bridgehead atoms. The number of benzene rings is 3. The van der Waals surface area contributed by atoms with Crippen LogP contribution < -0.4 is 14.4 Å². The zero-order valence-corrected chi connectivity index (χ0v) is 24.5. The first-order valence-corrected chi connectivity index (χ1v) is 15.0. The number of aromatic amines is 1. The third kappa shape index (κ3) is 4.33. The molecule has 2 amide bonds. The van der Waals surface area contributed by atoms with Crippen molar-refractivity contribution in [2.75, 3.05) is 45.4 Å². The Morgan fingerprint density at radius 2 is 1.79 bits per heavy atom. The van der Waals surface area contributed by atoms with Crippen LogP contribution in [0.15, 0.2) is 66.7 Å². The molecule has 8 rings (SSSR count). The lowest BCUT2D eigenvalue weighted by Gasteiger charge is -2.48. The molecule has 3 aromatic carbocycles. The Labute approximate surface area is 250 Å². The Kier molecular flexibility index (Phi) is 6.11. The average molecular weight is 578 g/mol. The van der Waals surface area contributed by atoms with Gasteiger partial charge in [-0.1, -0.05) is 36.4 Å². The van der Waals surface area contributed by atoms with E-state index < -0.39 is 12.1 Å². The first kappa shape index (κ1) is 26.2. The summed E-state index contributed by atoms with van der Waals surface area (Å²) < 4.78 is 11.3. The predicted molar refractivity (Wildman–Crippen MR) is 163 cm³/mol. The third-order valence-electron chi connectivity index (χ3n) is 9.55. The zero-order chi connectivity index (χ0) is 29.2. The van der Waals surface area contributed by atoms with Gasteiger partial charge in [0.05, 0.1) is 6.04 Å². The summed E-state index contributed by atoms with van der Waals surface area (Å²) in [6.45, 7) is 2.78. The van der Waals surface area contributed by atoms with Crippen LogP contribution in [0.3, 0.4) is 0 Å². The Morgan fingerprint density at radius 1 is 0.977 bits per heavy atom. The monoisotopic (exact) mass is 577 g/mol. The summed E-state index contributed by atoms with van der Waals surface area (Å²) in [4.78, 5) is 40.2. The molecule has 2 fully saturated rings. The van der Waals surface area contributed by atoms with Gasteiger partial charge in [0.25, 0.3) is 0 Å². The van der Waals surface area contributed by atoms with E-state index in [1.807, 2.05) is 54.2 Å². The minimum atomic E-state index is -0.559. The zero-order valence-electron chi connectivity index (χ0n) is 24.5. The number of piperazine rings is 1. The van der Waals surface area contributed by atoms with Gasteiger partial charge in [0.15, 0.2) is 11.5 Å². The molecule has 2 saturated heterocycles. The molecule has 0 aliphatic carbocycles. The first-order valence-electron chi connectivity index (χ1n) is 15.0. The lowest BCUT2D eigenvalue weighted by molar-refractivity contribution is -0.160. The molecular formula is C34H35N5O4. The van der Waals surface area contributed by atoms with Crippen LogP contribution in [0.1, 0.15) is 34.8 Å². The number of carbonyl (C=O) groups is 2. The van der Waals surface area contributed by atoms with Gasteiger partial charge in [0.1, 0.15) is 12.6 Å². The van der Waals surface area contributed by atoms with Gasteiger partial charge in [-0.3, -0.25) is 14.5 Å². The predicted octanol–water partition coefficient (Wildman–Crippen LogP) is 3.92. The van der Waals surface area contributed by atoms with E-state index in [0.717, 1.165) is 53.8 Å². The number of aromatic nitrogens is 1. The van der Waals surface area contributed by atoms with Crippen LogP contribution in [-0.4, -0.2) is 84.1 Å². The molecule has 4 aliphatic rings. The number of hydrogen-bond acceptors (Lipinski definition) is 6. The van der Waals surface area contributed by atoms with Crippen LogP contribution in [0.5, 0.6) is 11.5 Å². The normalized spacial score (nSPS) is 23.2. The van der Waals surface area contributed by atoms with E-state index in [-0.39, 0.29) is 31.2 Å². The van der Waals surface area contributed by atoms with Crippen molar-refractivity contribution in [3.63, 3.8) is 0 Å². The van der Waals surface area contributed by atoms with E-state index in [9.17, 15) is 9.59 Å². The number of nitrogens with zero attached hydrogens (tertiary/aromatic N) is 4. The van der Waals surface area contributed by atoms with Crippen LogP contribution in [0, 0.1) is 0 Å². The molecule has 9 heteroatoms. The van der Waals surface area contributed by atoms with Crippen molar-refractivity contribution in [1.29, 1.82) is 0 Å². The van der Waals surface area contributed by atoms with Crippen molar-refractivity contribution in [3.8, 4) is 11.5 Å². The molecule has 9 nitrogen and oxygen atoms in total. The van der Waals surface area contributed by atoms with Gasteiger partial charge in [-0.05, 0) is 53.4 Å². The highest BCUT2D eigenvalue weighted by Gasteiger charge is 2.50. The molecule has 1 N–H and O–H groups in total. The quantitative estimate of drug-likeness (QED) is 0.387. The minimum absolute atomic E-state index is 0.0192. The van der Waals surface area contributed by atoms with Gasteiger partial charge in [-0.25, -0.2) is 0 Å². The number of amides is 2. The Morgan fingerprint density at radius 3 is 2.63 bits per heavy atom. The molecule has 3 atom stereocenters. The second-order valence-corrected chi connectivity index (χ2v) is 12.3. The standard InChI is InChI=1S/C34H35N5O4/c1-36(2)23-10-7-21(8-11-23)17-37-14-13-24(18-37)38-19-31(40)39-28(34(38)41)16-26-25-5-3-4-6-27(25)35-32(26)33(39)22-9-12-29-30(15-22)43-20-42-29/h3-12,15,24,28,33,35H,13-14,16-20H2,1-2H3/t24-,28+,33+/m0/s1. The van der Waals surface area contributed by atoms with Crippen LogP contribution >= 0.6 is 0 Å². The summed E-state index contributed by atoms with van der Waals surface area (Å²) in [6.07, 6.45) is 1.36. The molecule has 4 aliphatic heterocycles. The summed E-state index contributed by atoms with van der Waals surface area (Å²) in [5.74, 6) is 1.38. The van der Waals surface area contributed by atoms with Gasteiger partial charge in [-0.2, -0.15) is 0 Å². The van der Waals surface area contributed by atoms with Crippen molar-refractivity contribution < 1.29 is 19.1 Å². The number of fused-ring (bicyclic) bond motifs is 5. The van der Waals surface area contributed by atoms with Crippen molar-refractivity contribution in [1.82, 2.24) is 19.7 Å². The number of rotatable bonds is 5. The lowest BCUT2D eigenvalue weighted by atomic mass is 9.85. The number of para-hydroxylation sites is 1. The Bertz CT molecular complexity index is 1730. The summed E-state index contributed by atoms with van der Waals surface area (Å²) in [7, 11) is 4.09. The summed E-state index contributed by atoms with van der Waals surface area (Å²) in [5, 5.41) is 1.10. The van der Waals surface area contributed by atoms with Crippen LogP contribution in [-0.2, 0) is 22.6 Å². The number of ether oxygens (including phenoxy) is 2. The number of anilines is 1. The van der Waals surface area contributed by atoms with Crippen LogP contribution in [0.2, 0.25) is 0 Å². The van der Waals surface area contributed by atoms with Crippen molar-refractivity contribution in [2.24, 2.45) is 0 Å². The van der Waals surface area contributed by atoms with Gasteiger partial charge < -0.3 is 29.2 Å². The summed E-state index contributed by atoms with van der Waals surface area (Å²) >= 11 is 0. The molecule has 4 aromatic rings. The topological polar surface area (TPSA) is 81.3 Å². The number of nitrogens with one attached hydrogen (secondary N) is 1. The van der Waals surface area contributed by atoms with Gasteiger partial charge in [0.2, 0.25) is 18.6 Å². The van der Waals surface area contributed by atoms with Gasteiger partial charge in [0, 0.05) is 68.5 Å². The Hall–Kier alpha value is -4.50. The minimum Gasteiger partial charge on any atom is -0.454 e. The Balaban J connectivity index is 1.09. The maximum atomic E-state index is 14.3. The first-order chi connectivity index (χ1) is 20.9. The molecular weight excluding hydrogens is 542 g/mol. The second kappa shape index (κ2) is 10.1. The third-order valence-corrected chi connectivity index (χ3v) is 9.55. The SMILES string of the molecule is CN(C)c1ccc(CN2CC[C@H](N3CC(=O)N4[C@H](c5ccc6c(c5)OCO6)c5[nH]c6ccccc6c5C[C@@H]4C3=O)C2)cc1. The molecule has 0 radical (unpaired) electrons. The maximum Gasteiger partial charge on any atom is 0.246 e. The molecule has 0 spiro atoms. The van der Waals surface area contributed by atoms with Gasteiger partial charge >= 0.3 is 0 Å². The second-order valence-electron chi connectivity index (χ2n) is 12.3. The van der Waals surface area contributed by atoms with E-state index in [2.05, 4.69) is 51.2 Å². The van der Waals surface area contributed by atoms with Crippen LogP contribution in [0.25, 0.3) is 10.9 Å². The van der Waals surface area contributed by atoms with E-state index in [1.165, 1.54) is 11.3 Å². The van der Waals surface area contributed by atoms with E-state index >= 15 is 0 Å². The van der Waals surface area contributed by atoms with E-state index in [4.69, 9.17) is 9.47 Å². The van der Waals surface area contributed by atoms with E-state index in [1.54, 1.807) is 0 Å². The lowest BCUT2D eigenvalue weighted by Crippen LogP contribution is -2.65. The molecule has 1 aromatic heterocycles. The molecule has 0 unspecified atom stereocenters. The molecule has 0 saturated carbocycles. The largest absolute Gasteiger partial charge is 0.454 e. The smallest absolute Gasteiger partial charge is 0.246 e. The summed E-state index contributed by atoms with van der Waals surface area (Å²) in [5.41, 5.74) is 6.43. The molecule has 5 heterocycles. The fourth-order valence-corrected chi connectivity index (χ4v) is 7.39. The highest BCUT2D eigenvalue weighted by atomic mass is 16.7. The number of likely N-dealkylation sites (tertiary alicyclic amines) is 1. The highest BCUT2D eigenvalue weighted by Crippen LogP contribution is 2.45. The van der Waals surface area contributed by atoms with Crippen molar-refractivity contribution in [2.45, 2.75) is 37.5 Å². The fourth-order valence-electron chi connectivity index (χ4n) is 7.39. The van der Waals surface area contributed by atoms with Crippen LogP contribution in [0.4, 0.5) is 5.69 Å². The summed E-state index contributed by atoms with van der Waals surface area (Å²) in [6, 6.07) is 21.7. The van der Waals surface area contributed by atoms with Gasteiger partial charge in [-0.15, -0.1) is 0 Å². The highest BCUT2D eigenvalue weighted by molar-refractivity contribution is 5.98. The average Bonchev–Trinajstić information content (AvgIpc) is 3.76. The number of H-pyrrole nitrogens is 1. The van der Waals surface area contributed by atoms with E-state index in [0.29, 0.717) is 17.9 Å².